The number of carbonyl (C=O) groups is 1. The molecule has 39 heavy (non-hydrogen) atoms. The van der Waals surface area contributed by atoms with Crippen molar-refractivity contribution in [3.05, 3.63) is 106 Å². The molecule has 0 bridgehead atoms. The predicted octanol–water partition coefficient (Wildman–Crippen LogP) is 5.41. The first-order valence-corrected chi connectivity index (χ1v) is 13.9. The largest absolute Gasteiger partial charge is 0.495 e. The first-order chi connectivity index (χ1) is 18.6. The molecule has 1 amide bonds. The molecule has 0 aliphatic heterocycles. The molecule has 0 saturated carbocycles. The Hall–Kier alpha value is -4.08. The van der Waals surface area contributed by atoms with Crippen molar-refractivity contribution in [1.82, 2.24) is 9.99 Å². The Balaban J connectivity index is 1.60. The van der Waals surface area contributed by atoms with Crippen LogP contribution in [0.5, 0.6) is 5.75 Å². The van der Waals surface area contributed by atoms with E-state index in [1.165, 1.54) is 25.3 Å². The first-order valence-electron chi connectivity index (χ1n) is 12.1. The summed E-state index contributed by atoms with van der Waals surface area (Å²) in [6, 6.07) is 22.5. The van der Waals surface area contributed by atoms with Gasteiger partial charge in [-0.1, -0.05) is 48.0 Å². The molecule has 0 aliphatic rings. The molecule has 4 rings (SSSR count). The molecule has 1 heterocycles. The number of nitrogens with zero attached hydrogens (tertiary/aromatic N) is 3. The number of hydrazone groups is 1. The zero-order valence-corrected chi connectivity index (χ0v) is 23.6. The van der Waals surface area contributed by atoms with Gasteiger partial charge >= 0.3 is 0 Å². The fourth-order valence-corrected chi connectivity index (χ4v) is 5.93. The molecule has 202 valence electrons. The molecule has 0 unspecified atom stereocenters. The van der Waals surface area contributed by atoms with Crippen LogP contribution in [0.3, 0.4) is 0 Å². The highest BCUT2D eigenvalue weighted by Gasteiger charge is 2.29. The number of ether oxygens (including phenoxy) is 1. The van der Waals surface area contributed by atoms with Gasteiger partial charge in [0.25, 0.3) is 15.9 Å². The number of para-hydroxylation sites is 1. The van der Waals surface area contributed by atoms with E-state index in [0.717, 1.165) is 32.5 Å². The van der Waals surface area contributed by atoms with Crippen molar-refractivity contribution >= 4 is 39.4 Å². The Morgan fingerprint density at radius 3 is 2.41 bits per heavy atom. The van der Waals surface area contributed by atoms with E-state index in [1.54, 1.807) is 36.5 Å². The van der Waals surface area contributed by atoms with Crippen LogP contribution in [-0.2, 0) is 14.8 Å². The van der Waals surface area contributed by atoms with Gasteiger partial charge in [0.15, 0.2) is 0 Å². The number of anilines is 1. The number of hydrogen-bond donors (Lipinski definition) is 1. The standard InChI is InChI=1S/C29H29ClN4O4S/c1-20-10-8-9-13-26(20)34-21(2)16-23(22(34)3)18-31-32-29(35)19-33(27-17-24(30)14-15-28(27)38-4)39(36,37)25-11-6-5-7-12-25/h5-18H,19H2,1-4H3,(H,32,35)/b31-18-. The van der Waals surface area contributed by atoms with E-state index >= 15 is 0 Å². The third-order valence-electron chi connectivity index (χ3n) is 6.25. The van der Waals surface area contributed by atoms with Gasteiger partial charge in [-0.15, -0.1) is 0 Å². The van der Waals surface area contributed by atoms with Gasteiger partial charge in [-0.25, -0.2) is 13.8 Å². The molecular formula is C29H29ClN4O4S. The fourth-order valence-electron chi connectivity index (χ4n) is 4.32. The van der Waals surface area contributed by atoms with Gasteiger partial charge in [-0.05, 0) is 68.8 Å². The number of methoxy groups -OCH3 is 1. The highest BCUT2D eigenvalue weighted by Crippen LogP contribution is 2.34. The quantitative estimate of drug-likeness (QED) is 0.217. The normalized spacial score (nSPS) is 11.5. The monoisotopic (exact) mass is 564 g/mol. The minimum absolute atomic E-state index is 0.0203. The van der Waals surface area contributed by atoms with E-state index in [4.69, 9.17) is 16.3 Å². The highest BCUT2D eigenvalue weighted by atomic mass is 35.5. The summed E-state index contributed by atoms with van der Waals surface area (Å²) in [5.74, 6) is -0.389. The maximum Gasteiger partial charge on any atom is 0.264 e. The molecule has 1 N–H and O–H groups in total. The molecule has 0 fully saturated rings. The fraction of sp³-hybridized carbons (Fsp3) is 0.172. The number of halogens is 1. The van der Waals surface area contributed by atoms with Gasteiger partial charge in [0.05, 0.1) is 23.9 Å². The van der Waals surface area contributed by atoms with Crippen molar-refractivity contribution in [1.29, 1.82) is 0 Å². The second-order valence-corrected chi connectivity index (χ2v) is 11.2. The first kappa shape index (κ1) is 27.9. The molecule has 8 nitrogen and oxygen atoms in total. The molecule has 0 aliphatic carbocycles. The van der Waals surface area contributed by atoms with E-state index < -0.39 is 22.5 Å². The van der Waals surface area contributed by atoms with Gasteiger partial charge in [-0.2, -0.15) is 5.10 Å². The molecule has 0 saturated heterocycles. The number of carbonyl (C=O) groups excluding carboxylic acids is 1. The third-order valence-corrected chi connectivity index (χ3v) is 8.26. The Labute approximate surface area is 233 Å². The second kappa shape index (κ2) is 11.8. The number of aromatic nitrogens is 1. The average Bonchev–Trinajstić information content (AvgIpc) is 3.20. The number of aryl methyl sites for hydroxylation is 2. The lowest BCUT2D eigenvalue weighted by molar-refractivity contribution is -0.119. The third kappa shape index (κ3) is 6.00. The molecule has 4 aromatic rings. The Morgan fingerprint density at radius 2 is 1.72 bits per heavy atom. The van der Waals surface area contributed by atoms with Crippen molar-refractivity contribution in [3.8, 4) is 11.4 Å². The maximum atomic E-state index is 13.6. The van der Waals surface area contributed by atoms with Crippen LogP contribution in [0.25, 0.3) is 5.69 Å². The van der Waals surface area contributed by atoms with Gasteiger partial charge in [0, 0.05) is 27.7 Å². The SMILES string of the molecule is COc1ccc(Cl)cc1N(CC(=O)N/N=C\c1cc(C)n(-c2ccccc2C)c1C)S(=O)(=O)c1ccccc1. The molecule has 0 atom stereocenters. The summed E-state index contributed by atoms with van der Waals surface area (Å²) in [6.07, 6.45) is 1.55. The van der Waals surface area contributed by atoms with Crippen LogP contribution in [-0.4, -0.2) is 38.8 Å². The summed E-state index contributed by atoms with van der Waals surface area (Å²) in [5, 5.41) is 4.41. The lowest BCUT2D eigenvalue weighted by Crippen LogP contribution is -2.39. The molecule has 3 aromatic carbocycles. The number of amides is 1. The smallest absolute Gasteiger partial charge is 0.264 e. The summed E-state index contributed by atoms with van der Waals surface area (Å²) < 4.78 is 35.7. The van der Waals surface area contributed by atoms with Crippen LogP contribution in [0, 0.1) is 20.8 Å². The minimum atomic E-state index is -4.14. The lowest BCUT2D eigenvalue weighted by atomic mass is 10.2. The van der Waals surface area contributed by atoms with Gasteiger partial charge in [0.2, 0.25) is 0 Å². The van der Waals surface area contributed by atoms with Gasteiger partial charge in [-0.3, -0.25) is 9.10 Å². The minimum Gasteiger partial charge on any atom is -0.495 e. The van der Waals surface area contributed by atoms with E-state index in [0.29, 0.717) is 5.02 Å². The van der Waals surface area contributed by atoms with Crippen LogP contribution in [0.1, 0.15) is 22.5 Å². The number of nitrogens with one attached hydrogen (secondary N) is 1. The number of benzene rings is 3. The van der Waals surface area contributed by atoms with Crippen LogP contribution in [0.4, 0.5) is 5.69 Å². The van der Waals surface area contributed by atoms with E-state index in [9.17, 15) is 13.2 Å². The predicted molar refractivity (Wildman–Crippen MR) is 155 cm³/mol. The van der Waals surface area contributed by atoms with Crippen molar-refractivity contribution in [2.24, 2.45) is 5.10 Å². The molecule has 10 heteroatoms. The maximum absolute atomic E-state index is 13.6. The van der Waals surface area contributed by atoms with Gasteiger partial charge in [0.1, 0.15) is 12.3 Å². The summed E-state index contributed by atoms with van der Waals surface area (Å²) in [7, 11) is -2.73. The van der Waals surface area contributed by atoms with E-state index in [2.05, 4.69) is 15.1 Å². The van der Waals surface area contributed by atoms with E-state index in [1.807, 2.05) is 51.1 Å². The Bertz CT molecular complexity index is 1630. The van der Waals surface area contributed by atoms with Gasteiger partial charge < -0.3 is 9.30 Å². The summed E-state index contributed by atoms with van der Waals surface area (Å²) in [4.78, 5) is 13.0. The molecule has 0 spiro atoms. The number of rotatable bonds is 9. The van der Waals surface area contributed by atoms with Crippen LogP contribution < -0.4 is 14.5 Å². The number of hydrogen-bond acceptors (Lipinski definition) is 5. The Morgan fingerprint density at radius 1 is 1.03 bits per heavy atom. The van der Waals surface area contributed by atoms with Crippen LogP contribution in [0.15, 0.2) is 88.9 Å². The summed E-state index contributed by atoms with van der Waals surface area (Å²) in [5.41, 5.74) is 7.58. The van der Waals surface area contributed by atoms with E-state index in [-0.39, 0.29) is 16.3 Å². The zero-order chi connectivity index (χ0) is 28.2. The lowest BCUT2D eigenvalue weighted by Gasteiger charge is -2.25. The molecule has 1 aromatic heterocycles. The average molecular weight is 565 g/mol. The summed E-state index contributed by atoms with van der Waals surface area (Å²) >= 11 is 6.18. The summed E-state index contributed by atoms with van der Waals surface area (Å²) in [6.45, 7) is 5.47. The van der Waals surface area contributed by atoms with Crippen molar-refractivity contribution in [2.75, 3.05) is 18.0 Å². The molecular weight excluding hydrogens is 536 g/mol. The number of sulfonamides is 1. The van der Waals surface area contributed by atoms with Crippen molar-refractivity contribution < 1.29 is 17.9 Å². The van der Waals surface area contributed by atoms with Crippen LogP contribution >= 0.6 is 11.6 Å². The second-order valence-electron chi connectivity index (χ2n) is 8.88. The van der Waals surface area contributed by atoms with Crippen molar-refractivity contribution in [3.63, 3.8) is 0 Å². The molecule has 0 radical (unpaired) electrons. The highest BCUT2D eigenvalue weighted by molar-refractivity contribution is 7.92. The topological polar surface area (TPSA) is 93.0 Å². The zero-order valence-electron chi connectivity index (χ0n) is 22.1. The Kier molecular flexibility index (Phi) is 8.42. The van der Waals surface area contributed by atoms with Crippen molar-refractivity contribution in [2.45, 2.75) is 25.7 Å². The van der Waals surface area contributed by atoms with Crippen LogP contribution in [0.2, 0.25) is 5.02 Å².